The molecule has 0 saturated heterocycles. The Morgan fingerprint density at radius 3 is 2.52 bits per heavy atom. The van der Waals surface area contributed by atoms with Crippen LogP contribution in [0.4, 0.5) is 0 Å². The average molecular weight is 329 g/mol. The Bertz CT molecular complexity index is 688. The van der Waals surface area contributed by atoms with Crippen molar-refractivity contribution in [2.45, 2.75) is 19.5 Å². The molecule has 5 nitrogen and oxygen atoms in total. The highest BCUT2D eigenvalue weighted by molar-refractivity contribution is 7.09. The van der Waals surface area contributed by atoms with Crippen LogP contribution < -0.4 is 10.6 Å². The summed E-state index contributed by atoms with van der Waals surface area (Å²) in [7, 11) is 0. The monoisotopic (exact) mass is 329 g/mol. The maximum absolute atomic E-state index is 5.34. The van der Waals surface area contributed by atoms with Crippen LogP contribution in [0.3, 0.4) is 0 Å². The predicted octanol–water partition coefficient (Wildman–Crippen LogP) is 3.41. The molecule has 0 unspecified atom stereocenters. The zero-order valence-corrected chi connectivity index (χ0v) is 13.5. The van der Waals surface area contributed by atoms with Crippen LogP contribution in [-0.2, 0) is 19.5 Å². The van der Waals surface area contributed by atoms with Gasteiger partial charge >= 0.3 is 0 Å². The molecule has 0 spiro atoms. The standard InChI is InChI=1S/C17H19N3O2S/c1-4-14(21-9-1)7-8-18-17(19-12-15-5-2-10-22-15)20-13-16-6-3-11-23-16/h1-6,9-11H,7-8,12-13H2,(H2,18,19,20). The fourth-order valence-electron chi connectivity index (χ4n) is 2.08. The van der Waals surface area contributed by atoms with Gasteiger partial charge in [-0.15, -0.1) is 11.3 Å². The van der Waals surface area contributed by atoms with Gasteiger partial charge in [-0.05, 0) is 35.7 Å². The van der Waals surface area contributed by atoms with Gasteiger partial charge in [-0.3, -0.25) is 0 Å². The fraction of sp³-hybridized carbons (Fsp3) is 0.235. The zero-order valence-electron chi connectivity index (χ0n) is 12.7. The third-order valence-corrected chi connectivity index (χ3v) is 4.10. The maximum Gasteiger partial charge on any atom is 0.192 e. The Labute approximate surface area is 139 Å². The van der Waals surface area contributed by atoms with Gasteiger partial charge in [-0.2, -0.15) is 0 Å². The summed E-state index contributed by atoms with van der Waals surface area (Å²) < 4.78 is 10.7. The number of hydrogen-bond donors (Lipinski definition) is 2. The van der Waals surface area contributed by atoms with Crippen molar-refractivity contribution in [3.8, 4) is 0 Å². The molecule has 120 valence electrons. The second kappa shape index (κ2) is 8.24. The average Bonchev–Trinajstić information content (AvgIpc) is 3.33. The Hall–Kier alpha value is -2.47. The van der Waals surface area contributed by atoms with E-state index in [1.165, 1.54) is 4.88 Å². The molecule has 0 radical (unpaired) electrons. The molecule has 0 aliphatic rings. The summed E-state index contributed by atoms with van der Waals surface area (Å²) >= 11 is 1.72. The lowest BCUT2D eigenvalue weighted by Crippen LogP contribution is -2.37. The SMILES string of the molecule is c1coc(CCNC(=NCc2ccco2)NCc2cccs2)c1. The van der Waals surface area contributed by atoms with Crippen LogP contribution in [0, 0.1) is 0 Å². The van der Waals surface area contributed by atoms with E-state index in [1.54, 1.807) is 23.9 Å². The Morgan fingerprint density at radius 2 is 1.83 bits per heavy atom. The third kappa shape index (κ3) is 5.03. The molecule has 0 aliphatic carbocycles. The summed E-state index contributed by atoms with van der Waals surface area (Å²) in [6.07, 6.45) is 4.16. The normalized spacial score (nSPS) is 11.6. The summed E-state index contributed by atoms with van der Waals surface area (Å²) in [5.41, 5.74) is 0. The van der Waals surface area contributed by atoms with Crippen LogP contribution in [0.2, 0.25) is 0 Å². The van der Waals surface area contributed by atoms with Crippen LogP contribution in [-0.4, -0.2) is 12.5 Å². The van der Waals surface area contributed by atoms with E-state index in [1.807, 2.05) is 30.3 Å². The maximum atomic E-state index is 5.34. The lowest BCUT2D eigenvalue weighted by molar-refractivity contribution is 0.505. The number of guanidine groups is 1. The third-order valence-electron chi connectivity index (χ3n) is 3.23. The summed E-state index contributed by atoms with van der Waals surface area (Å²) in [6.45, 7) is 2.01. The number of thiophene rings is 1. The van der Waals surface area contributed by atoms with E-state index in [0.717, 1.165) is 37.0 Å². The number of nitrogens with one attached hydrogen (secondary N) is 2. The summed E-state index contributed by atoms with van der Waals surface area (Å²) in [5, 5.41) is 8.74. The second-order valence-electron chi connectivity index (χ2n) is 4.93. The van der Waals surface area contributed by atoms with Crippen molar-refractivity contribution >= 4 is 17.3 Å². The highest BCUT2D eigenvalue weighted by Gasteiger charge is 2.02. The van der Waals surface area contributed by atoms with E-state index in [0.29, 0.717) is 6.54 Å². The van der Waals surface area contributed by atoms with E-state index in [4.69, 9.17) is 8.83 Å². The van der Waals surface area contributed by atoms with Gasteiger partial charge in [0.2, 0.25) is 0 Å². The Kier molecular flexibility index (Phi) is 5.53. The van der Waals surface area contributed by atoms with Gasteiger partial charge in [-0.1, -0.05) is 6.07 Å². The van der Waals surface area contributed by atoms with Crippen molar-refractivity contribution in [3.05, 3.63) is 70.7 Å². The molecule has 23 heavy (non-hydrogen) atoms. The Balaban J connectivity index is 1.54. The van der Waals surface area contributed by atoms with Crippen molar-refractivity contribution in [3.63, 3.8) is 0 Å². The van der Waals surface area contributed by atoms with Gasteiger partial charge in [0.25, 0.3) is 0 Å². The van der Waals surface area contributed by atoms with Crippen LogP contribution >= 0.6 is 11.3 Å². The minimum absolute atomic E-state index is 0.507. The van der Waals surface area contributed by atoms with Crippen LogP contribution in [0.15, 0.2) is 68.1 Å². The van der Waals surface area contributed by atoms with Gasteiger partial charge in [0.15, 0.2) is 5.96 Å². The van der Waals surface area contributed by atoms with E-state index < -0.39 is 0 Å². The molecule has 0 aliphatic heterocycles. The molecule has 3 aromatic heterocycles. The highest BCUT2D eigenvalue weighted by Crippen LogP contribution is 2.07. The molecule has 3 aromatic rings. The molecular weight excluding hydrogens is 310 g/mol. The smallest absolute Gasteiger partial charge is 0.192 e. The first kappa shape index (κ1) is 15.4. The molecular formula is C17H19N3O2S. The predicted molar refractivity (Wildman–Crippen MR) is 91.4 cm³/mol. The van der Waals surface area contributed by atoms with Crippen molar-refractivity contribution in [2.75, 3.05) is 6.54 Å². The summed E-state index contributed by atoms with van der Waals surface area (Å²) in [4.78, 5) is 5.83. The molecule has 3 rings (SSSR count). The van der Waals surface area contributed by atoms with Gasteiger partial charge < -0.3 is 19.5 Å². The lowest BCUT2D eigenvalue weighted by atomic mass is 10.3. The van der Waals surface area contributed by atoms with Gasteiger partial charge in [0.05, 0.1) is 19.1 Å². The summed E-state index contributed by atoms with van der Waals surface area (Å²) in [6, 6.07) is 11.8. The zero-order chi connectivity index (χ0) is 15.7. The number of hydrogen-bond acceptors (Lipinski definition) is 4. The van der Waals surface area contributed by atoms with Crippen molar-refractivity contribution < 1.29 is 8.83 Å². The topological polar surface area (TPSA) is 62.7 Å². The van der Waals surface area contributed by atoms with E-state index in [-0.39, 0.29) is 0 Å². The van der Waals surface area contributed by atoms with Crippen molar-refractivity contribution in [2.24, 2.45) is 4.99 Å². The second-order valence-corrected chi connectivity index (χ2v) is 5.97. The summed E-state index contributed by atoms with van der Waals surface area (Å²) in [5.74, 6) is 2.57. The van der Waals surface area contributed by atoms with Crippen LogP contribution in [0.1, 0.15) is 16.4 Å². The van der Waals surface area contributed by atoms with Gasteiger partial charge in [0.1, 0.15) is 18.1 Å². The van der Waals surface area contributed by atoms with Crippen molar-refractivity contribution in [1.82, 2.24) is 10.6 Å². The largest absolute Gasteiger partial charge is 0.469 e. The highest BCUT2D eigenvalue weighted by atomic mass is 32.1. The minimum atomic E-state index is 0.507. The fourth-order valence-corrected chi connectivity index (χ4v) is 2.72. The molecule has 0 bridgehead atoms. The number of rotatable bonds is 7. The molecule has 0 fully saturated rings. The quantitative estimate of drug-likeness (QED) is 0.515. The Morgan fingerprint density at radius 1 is 1.00 bits per heavy atom. The molecule has 3 heterocycles. The number of aliphatic imine (C=N–C) groups is 1. The number of nitrogens with zero attached hydrogens (tertiary/aromatic N) is 1. The molecule has 0 saturated carbocycles. The van der Waals surface area contributed by atoms with Gasteiger partial charge in [0, 0.05) is 17.8 Å². The molecule has 0 aromatic carbocycles. The lowest BCUT2D eigenvalue weighted by Gasteiger charge is -2.11. The van der Waals surface area contributed by atoms with Crippen LogP contribution in [0.5, 0.6) is 0 Å². The molecule has 6 heteroatoms. The molecule has 0 atom stereocenters. The first-order valence-corrected chi connectivity index (χ1v) is 8.37. The molecule has 0 amide bonds. The van der Waals surface area contributed by atoms with E-state index in [2.05, 4.69) is 27.1 Å². The first-order chi connectivity index (χ1) is 11.4. The number of furan rings is 2. The van der Waals surface area contributed by atoms with Gasteiger partial charge in [-0.25, -0.2) is 4.99 Å². The molecule has 2 N–H and O–H groups in total. The van der Waals surface area contributed by atoms with E-state index >= 15 is 0 Å². The van der Waals surface area contributed by atoms with E-state index in [9.17, 15) is 0 Å². The minimum Gasteiger partial charge on any atom is -0.469 e. The van der Waals surface area contributed by atoms with Crippen LogP contribution in [0.25, 0.3) is 0 Å². The van der Waals surface area contributed by atoms with Crippen molar-refractivity contribution in [1.29, 1.82) is 0 Å². The first-order valence-electron chi connectivity index (χ1n) is 7.49.